The molecule has 2 aliphatic heterocycles. The van der Waals surface area contributed by atoms with Gasteiger partial charge in [0.05, 0.1) is 5.92 Å². The number of carbonyl (C=O) groups is 2. The standard InChI is InChI=1S/C15H24N2O3/c1-9-3-2-4-10(7-9)16-15(20)17-11-5-6-13(17)12(8-11)14(18)19/h9-13H,2-8H2,1H3,(H,16,20)(H,18,19). The van der Waals surface area contributed by atoms with E-state index in [0.717, 1.165) is 25.7 Å². The molecule has 3 fully saturated rings. The molecule has 0 aromatic rings. The number of nitrogens with one attached hydrogen (secondary N) is 1. The predicted molar refractivity (Wildman–Crippen MR) is 74.3 cm³/mol. The fourth-order valence-corrected chi connectivity index (χ4v) is 4.38. The monoisotopic (exact) mass is 280 g/mol. The molecule has 1 aliphatic carbocycles. The van der Waals surface area contributed by atoms with Crippen molar-refractivity contribution in [3.05, 3.63) is 0 Å². The normalized spacial score (nSPS) is 39.9. The molecule has 5 heteroatoms. The lowest BCUT2D eigenvalue weighted by Crippen LogP contribution is -2.48. The molecule has 0 spiro atoms. The SMILES string of the molecule is CC1CCCC(NC(=O)N2C3CCC2C(C(=O)O)C3)C1. The van der Waals surface area contributed by atoms with E-state index < -0.39 is 5.97 Å². The summed E-state index contributed by atoms with van der Waals surface area (Å²) in [6, 6.07) is 0.301. The van der Waals surface area contributed by atoms with Crippen molar-refractivity contribution in [1.82, 2.24) is 10.2 Å². The smallest absolute Gasteiger partial charge is 0.318 e. The molecule has 0 radical (unpaired) electrons. The average molecular weight is 280 g/mol. The van der Waals surface area contributed by atoms with Crippen molar-refractivity contribution in [1.29, 1.82) is 0 Å². The van der Waals surface area contributed by atoms with E-state index >= 15 is 0 Å². The van der Waals surface area contributed by atoms with Gasteiger partial charge in [-0.05, 0) is 38.0 Å². The summed E-state index contributed by atoms with van der Waals surface area (Å²) in [5, 5.41) is 12.4. The van der Waals surface area contributed by atoms with Crippen LogP contribution < -0.4 is 5.32 Å². The Morgan fingerprint density at radius 3 is 2.60 bits per heavy atom. The van der Waals surface area contributed by atoms with Gasteiger partial charge in [0.15, 0.2) is 0 Å². The highest BCUT2D eigenvalue weighted by Crippen LogP contribution is 2.41. The van der Waals surface area contributed by atoms with E-state index in [1.54, 1.807) is 0 Å². The summed E-state index contributed by atoms with van der Waals surface area (Å²) in [6.07, 6.45) is 6.98. The van der Waals surface area contributed by atoms with Crippen LogP contribution in [0.15, 0.2) is 0 Å². The first-order chi connectivity index (χ1) is 9.56. The Hall–Kier alpha value is -1.26. The fraction of sp³-hybridized carbons (Fsp3) is 0.867. The average Bonchev–Trinajstić information content (AvgIpc) is 2.96. The third-order valence-corrected chi connectivity index (χ3v) is 5.35. The van der Waals surface area contributed by atoms with Crippen LogP contribution in [0.25, 0.3) is 0 Å². The van der Waals surface area contributed by atoms with Gasteiger partial charge in [-0.3, -0.25) is 4.79 Å². The van der Waals surface area contributed by atoms with Crippen molar-refractivity contribution >= 4 is 12.0 Å². The molecule has 2 amide bonds. The van der Waals surface area contributed by atoms with E-state index in [4.69, 9.17) is 0 Å². The van der Waals surface area contributed by atoms with E-state index in [2.05, 4.69) is 12.2 Å². The van der Waals surface area contributed by atoms with Crippen molar-refractivity contribution in [2.45, 2.75) is 70.0 Å². The van der Waals surface area contributed by atoms with Gasteiger partial charge in [-0.25, -0.2) is 4.79 Å². The van der Waals surface area contributed by atoms with E-state index in [1.165, 1.54) is 12.8 Å². The zero-order chi connectivity index (χ0) is 14.3. The number of carbonyl (C=O) groups excluding carboxylic acids is 1. The Bertz CT molecular complexity index is 412. The summed E-state index contributed by atoms with van der Waals surface area (Å²) in [4.78, 5) is 25.5. The zero-order valence-electron chi connectivity index (χ0n) is 12.0. The summed E-state index contributed by atoms with van der Waals surface area (Å²) >= 11 is 0. The Morgan fingerprint density at radius 1 is 1.15 bits per heavy atom. The van der Waals surface area contributed by atoms with Crippen molar-refractivity contribution in [2.24, 2.45) is 11.8 Å². The summed E-state index contributed by atoms with van der Waals surface area (Å²) in [6.45, 7) is 2.23. The van der Waals surface area contributed by atoms with Crippen LogP contribution in [0.4, 0.5) is 4.79 Å². The number of hydrogen-bond acceptors (Lipinski definition) is 2. The topological polar surface area (TPSA) is 69.6 Å². The van der Waals surface area contributed by atoms with E-state index in [0.29, 0.717) is 12.3 Å². The van der Waals surface area contributed by atoms with Crippen LogP contribution >= 0.6 is 0 Å². The molecule has 1 saturated carbocycles. The number of fused-ring (bicyclic) bond motifs is 2. The third-order valence-electron chi connectivity index (χ3n) is 5.35. The van der Waals surface area contributed by atoms with E-state index in [-0.39, 0.29) is 30.1 Å². The lowest BCUT2D eigenvalue weighted by Gasteiger charge is -2.31. The highest BCUT2D eigenvalue weighted by Gasteiger charge is 2.51. The predicted octanol–water partition coefficient (Wildman–Crippen LogP) is 2.21. The van der Waals surface area contributed by atoms with Gasteiger partial charge < -0.3 is 15.3 Å². The van der Waals surface area contributed by atoms with Gasteiger partial charge in [-0.15, -0.1) is 0 Å². The highest BCUT2D eigenvalue weighted by atomic mass is 16.4. The van der Waals surface area contributed by atoms with Crippen LogP contribution in [-0.2, 0) is 4.79 Å². The molecule has 112 valence electrons. The Morgan fingerprint density at radius 2 is 1.95 bits per heavy atom. The molecule has 2 bridgehead atoms. The number of urea groups is 1. The van der Waals surface area contributed by atoms with Crippen molar-refractivity contribution in [2.75, 3.05) is 0 Å². The molecular weight excluding hydrogens is 256 g/mol. The molecule has 2 heterocycles. The van der Waals surface area contributed by atoms with Crippen molar-refractivity contribution in [3.8, 4) is 0 Å². The maximum atomic E-state index is 12.5. The zero-order valence-corrected chi connectivity index (χ0v) is 12.0. The third kappa shape index (κ3) is 2.38. The van der Waals surface area contributed by atoms with Crippen molar-refractivity contribution < 1.29 is 14.7 Å². The molecule has 5 unspecified atom stereocenters. The molecule has 5 atom stereocenters. The van der Waals surface area contributed by atoms with Gasteiger partial charge in [0.2, 0.25) is 0 Å². The number of nitrogens with zero attached hydrogens (tertiary/aromatic N) is 1. The molecule has 5 nitrogen and oxygen atoms in total. The van der Waals surface area contributed by atoms with Crippen LogP contribution in [-0.4, -0.2) is 40.1 Å². The molecule has 2 N–H and O–H groups in total. The van der Waals surface area contributed by atoms with Gasteiger partial charge in [-0.2, -0.15) is 0 Å². The molecule has 0 aromatic carbocycles. The second-order valence-electron chi connectivity index (χ2n) is 6.80. The van der Waals surface area contributed by atoms with Crippen LogP contribution in [0, 0.1) is 11.8 Å². The minimum absolute atomic E-state index is 0.0275. The number of hydrogen-bond donors (Lipinski definition) is 2. The van der Waals surface area contributed by atoms with Crippen LogP contribution in [0.1, 0.15) is 51.9 Å². The lowest BCUT2D eigenvalue weighted by atomic mass is 9.87. The fourth-order valence-electron chi connectivity index (χ4n) is 4.38. The van der Waals surface area contributed by atoms with Crippen LogP contribution in [0.5, 0.6) is 0 Å². The maximum absolute atomic E-state index is 12.5. The molecule has 3 aliphatic rings. The first kappa shape index (κ1) is 13.7. The van der Waals surface area contributed by atoms with Gasteiger partial charge >= 0.3 is 12.0 Å². The van der Waals surface area contributed by atoms with Gasteiger partial charge in [-0.1, -0.05) is 19.8 Å². The molecule has 2 saturated heterocycles. The first-order valence-corrected chi connectivity index (χ1v) is 7.88. The van der Waals surface area contributed by atoms with Crippen LogP contribution in [0.3, 0.4) is 0 Å². The number of aliphatic carboxylic acids is 1. The summed E-state index contributed by atoms with van der Waals surface area (Å²) < 4.78 is 0. The highest BCUT2D eigenvalue weighted by molar-refractivity contribution is 5.79. The number of carboxylic acids is 1. The minimum atomic E-state index is -0.749. The minimum Gasteiger partial charge on any atom is -0.481 e. The van der Waals surface area contributed by atoms with Crippen molar-refractivity contribution in [3.63, 3.8) is 0 Å². The first-order valence-electron chi connectivity index (χ1n) is 7.88. The summed E-state index contributed by atoms with van der Waals surface area (Å²) in [5.41, 5.74) is 0. The van der Waals surface area contributed by atoms with Gasteiger partial charge in [0.25, 0.3) is 0 Å². The quantitative estimate of drug-likeness (QED) is 0.814. The Balaban J connectivity index is 1.62. The second-order valence-corrected chi connectivity index (χ2v) is 6.80. The molecular formula is C15H24N2O3. The van der Waals surface area contributed by atoms with E-state index in [1.807, 2.05) is 4.90 Å². The van der Waals surface area contributed by atoms with Gasteiger partial charge in [0, 0.05) is 18.1 Å². The molecule has 0 aromatic heterocycles. The number of amides is 2. The maximum Gasteiger partial charge on any atom is 0.318 e. The number of carboxylic acid groups (broad SMARTS) is 1. The Kier molecular flexibility index (Phi) is 3.61. The lowest BCUT2D eigenvalue weighted by molar-refractivity contribution is -0.142. The Labute approximate surface area is 119 Å². The summed E-state index contributed by atoms with van der Waals surface area (Å²) in [7, 11) is 0. The summed E-state index contributed by atoms with van der Waals surface area (Å²) in [5.74, 6) is -0.429. The molecule has 20 heavy (non-hydrogen) atoms. The van der Waals surface area contributed by atoms with Crippen LogP contribution in [0.2, 0.25) is 0 Å². The molecule has 3 rings (SSSR count). The second kappa shape index (κ2) is 5.26. The van der Waals surface area contributed by atoms with Gasteiger partial charge in [0.1, 0.15) is 0 Å². The van der Waals surface area contributed by atoms with E-state index in [9.17, 15) is 14.7 Å². The number of rotatable bonds is 2. The largest absolute Gasteiger partial charge is 0.481 e.